The molecule has 3 heterocycles. The minimum Gasteiger partial charge on any atom is -0.496 e. The van der Waals surface area contributed by atoms with Crippen LogP contribution in [0.3, 0.4) is 0 Å². The Morgan fingerprint density at radius 3 is 2.77 bits per heavy atom. The number of carbonyl (C=O) groups is 1. The van der Waals surface area contributed by atoms with Gasteiger partial charge >= 0.3 is 6.18 Å². The first-order chi connectivity index (χ1) is 14.3. The Hall–Kier alpha value is -2.33. The molecule has 2 aromatic heterocycles. The van der Waals surface area contributed by atoms with Gasteiger partial charge in [-0.1, -0.05) is 6.07 Å². The van der Waals surface area contributed by atoms with Crippen molar-refractivity contribution in [2.24, 2.45) is 0 Å². The van der Waals surface area contributed by atoms with Crippen LogP contribution < -0.4 is 15.6 Å². The molecule has 1 aliphatic rings. The zero-order chi connectivity index (χ0) is 21.7. The average Bonchev–Trinajstić information content (AvgIpc) is 3.12. The Morgan fingerprint density at radius 1 is 1.30 bits per heavy atom. The molecule has 0 saturated carbocycles. The van der Waals surface area contributed by atoms with Gasteiger partial charge in [0.2, 0.25) is 0 Å². The van der Waals surface area contributed by atoms with E-state index in [1.807, 2.05) is 22.4 Å². The zero-order valence-electron chi connectivity index (χ0n) is 16.6. The van der Waals surface area contributed by atoms with Crippen LogP contribution in [-0.2, 0) is 19.5 Å². The molecule has 1 amide bonds. The SMILES string of the molecule is COc1cc(=O)n2c(c1C(=O)NCc1cccs1)CCN(CCCC(F)(F)F)CC2. The molecule has 3 rings (SSSR count). The Morgan fingerprint density at radius 2 is 2.10 bits per heavy atom. The van der Waals surface area contributed by atoms with Crippen LogP contribution in [0.4, 0.5) is 13.2 Å². The van der Waals surface area contributed by atoms with Gasteiger partial charge < -0.3 is 19.5 Å². The maximum absolute atomic E-state index is 12.9. The molecule has 10 heteroatoms. The van der Waals surface area contributed by atoms with E-state index in [0.717, 1.165) is 4.88 Å². The van der Waals surface area contributed by atoms with E-state index in [9.17, 15) is 22.8 Å². The van der Waals surface area contributed by atoms with Gasteiger partial charge in [0.25, 0.3) is 11.5 Å². The summed E-state index contributed by atoms with van der Waals surface area (Å²) in [6.07, 6.45) is -4.63. The second-order valence-corrected chi connectivity index (χ2v) is 8.13. The molecule has 0 aliphatic carbocycles. The number of hydrogen-bond acceptors (Lipinski definition) is 5. The van der Waals surface area contributed by atoms with Crippen molar-refractivity contribution in [3.8, 4) is 5.75 Å². The first-order valence-electron chi connectivity index (χ1n) is 9.69. The lowest BCUT2D eigenvalue weighted by Gasteiger charge is -2.19. The molecule has 30 heavy (non-hydrogen) atoms. The average molecular weight is 443 g/mol. The number of rotatable bonds is 7. The molecule has 164 valence electrons. The summed E-state index contributed by atoms with van der Waals surface area (Å²) in [5, 5.41) is 4.79. The van der Waals surface area contributed by atoms with Crippen LogP contribution in [0.1, 0.15) is 33.8 Å². The van der Waals surface area contributed by atoms with Gasteiger partial charge in [0.05, 0.1) is 13.7 Å². The largest absolute Gasteiger partial charge is 0.496 e. The lowest BCUT2D eigenvalue weighted by atomic mass is 10.1. The second kappa shape index (κ2) is 9.65. The molecule has 1 aliphatic heterocycles. The molecular formula is C20H24F3N3O3S. The second-order valence-electron chi connectivity index (χ2n) is 7.10. The van der Waals surface area contributed by atoms with E-state index in [-0.39, 0.29) is 23.6 Å². The van der Waals surface area contributed by atoms with E-state index in [1.54, 1.807) is 0 Å². The summed E-state index contributed by atoms with van der Waals surface area (Å²) in [6, 6.07) is 5.11. The highest BCUT2D eigenvalue weighted by molar-refractivity contribution is 7.09. The van der Waals surface area contributed by atoms with E-state index >= 15 is 0 Å². The minimum atomic E-state index is -4.17. The van der Waals surface area contributed by atoms with E-state index in [1.165, 1.54) is 29.1 Å². The summed E-state index contributed by atoms with van der Waals surface area (Å²) in [5.74, 6) is -0.130. The number of amides is 1. The van der Waals surface area contributed by atoms with Crippen LogP contribution in [0.25, 0.3) is 0 Å². The van der Waals surface area contributed by atoms with E-state index in [4.69, 9.17) is 4.74 Å². The first kappa shape index (κ1) is 22.4. The molecule has 0 atom stereocenters. The molecule has 2 aromatic rings. The molecule has 0 radical (unpaired) electrons. The summed E-state index contributed by atoms with van der Waals surface area (Å²) in [5.41, 5.74) is 0.584. The lowest BCUT2D eigenvalue weighted by Crippen LogP contribution is -2.31. The summed E-state index contributed by atoms with van der Waals surface area (Å²) in [7, 11) is 1.40. The van der Waals surface area contributed by atoms with Gasteiger partial charge in [-0.3, -0.25) is 9.59 Å². The van der Waals surface area contributed by atoms with Crippen LogP contribution in [0.2, 0.25) is 0 Å². The Bertz CT molecular complexity index is 926. The monoisotopic (exact) mass is 443 g/mol. The first-order valence-corrected chi connectivity index (χ1v) is 10.6. The third-order valence-electron chi connectivity index (χ3n) is 5.07. The fraction of sp³-hybridized carbons (Fsp3) is 0.500. The number of carbonyl (C=O) groups excluding carboxylic acids is 1. The van der Waals surface area contributed by atoms with Crippen molar-refractivity contribution >= 4 is 17.2 Å². The van der Waals surface area contributed by atoms with Gasteiger partial charge in [0, 0.05) is 49.1 Å². The number of nitrogens with zero attached hydrogens (tertiary/aromatic N) is 2. The minimum absolute atomic E-state index is 0.00617. The molecule has 0 unspecified atom stereocenters. The normalized spacial score (nSPS) is 14.8. The molecule has 0 spiro atoms. The molecule has 0 bridgehead atoms. The van der Waals surface area contributed by atoms with Gasteiger partial charge in [-0.25, -0.2) is 0 Å². The maximum atomic E-state index is 12.9. The van der Waals surface area contributed by atoms with Crippen molar-refractivity contribution in [2.45, 2.75) is 38.5 Å². The number of pyridine rings is 1. The fourth-order valence-corrected chi connectivity index (χ4v) is 4.24. The van der Waals surface area contributed by atoms with Crippen LogP contribution in [0.5, 0.6) is 5.75 Å². The number of halogens is 3. The van der Waals surface area contributed by atoms with Crippen molar-refractivity contribution in [1.82, 2.24) is 14.8 Å². The van der Waals surface area contributed by atoms with Gasteiger partial charge in [0.15, 0.2) is 0 Å². The number of hydrogen-bond donors (Lipinski definition) is 1. The highest BCUT2D eigenvalue weighted by Gasteiger charge is 2.28. The third kappa shape index (κ3) is 5.63. The number of nitrogens with one attached hydrogen (secondary N) is 1. The van der Waals surface area contributed by atoms with Gasteiger partial charge in [0.1, 0.15) is 11.3 Å². The number of alkyl halides is 3. The summed E-state index contributed by atoms with van der Waals surface area (Å²) < 4.78 is 44.2. The number of ether oxygens (including phenoxy) is 1. The molecule has 0 aromatic carbocycles. The van der Waals surface area contributed by atoms with Crippen LogP contribution in [0, 0.1) is 0 Å². The number of methoxy groups -OCH3 is 1. The van der Waals surface area contributed by atoms with E-state index in [2.05, 4.69) is 5.32 Å². The van der Waals surface area contributed by atoms with Crippen molar-refractivity contribution in [2.75, 3.05) is 26.7 Å². The Kier molecular flexibility index (Phi) is 7.19. The number of fused-ring (bicyclic) bond motifs is 1. The number of thiophene rings is 1. The smallest absolute Gasteiger partial charge is 0.389 e. The van der Waals surface area contributed by atoms with Crippen LogP contribution >= 0.6 is 11.3 Å². The lowest BCUT2D eigenvalue weighted by molar-refractivity contribution is -0.136. The molecule has 0 fully saturated rings. The van der Waals surface area contributed by atoms with Crippen molar-refractivity contribution in [1.29, 1.82) is 0 Å². The van der Waals surface area contributed by atoms with E-state index in [0.29, 0.717) is 50.4 Å². The fourth-order valence-electron chi connectivity index (χ4n) is 3.59. The predicted octanol–water partition coefficient (Wildman–Crippen LogP) is 3.05. The Balaban J connectivity index is 1.78. The molecular weight excluding hydrogens is 419 g/mol. The molecule has 1 N–H and O–H groups in total. The van der Waals surface area contributed by atoms with Gasteiger partial charge in [-0.2, -0.15) is 13.2 Å². The molecule has 6 nitrogen and oxygen atoms in total. The van der Waals surface area contributed by atoms with E-state index < -0.39 is 12.6 Å². The molecule has 0 saturated heterocycles. The Labute approximate surface area is 176 Å². The standard InChI is InChI=1S/C20H24F3N3O3S/c1-29-16-12-17(27)26-10-9-25(7-3-6-20(21,22)23)8-5-15(26)18(16)19(28)24-13-14-4-2-11-30-14/h2,4,11-12H,3,5-10,13H2,1H3,(H,24,28). The summed E-state index contributed by atoms with van der Waals surface area (Å²) >= 11 is 1.53. The van der Waals surface area contributed by atoms with Crippen LogP contribution in [0.15, 0.2) is 28.4 Å². The third-order valence-corrected chi connectivity index (χ3v) is 5.95. The van der Waals surface area contributed by atoms with Crippen molar-refractivity contribution in [3.05, 3.63) is 50.1 Å². The highest BCUT2D eigenvalue weighted by atomic mass is 32.1. The quantitative estimate of drug-likeness (QED) is 0.715. The van der Waals surface area contributed by atoms with Gasteiger partial charge in [-0.05, 0) is 24.4 Å². The maximum Gasteiger partial charge on any atom is 0.389 e. The topological polar surface area (TPSA) is 63.6 Å². The summed E-state index contributed by atoms with van der Waals surface area (Å²) in [6.45, 7) is 1.89. The van der Waals surface area contributed by atoms with Crippen molar-refractivity contribution < 1.29 is 22.7 Å². The van der Waals surface area contributed by atoms with Gasteiger partial charge in [-0.15, -0.1) is 11.3 Å². The zero-order valence-corrected chi connectivity index (χ0v) is 17.4. The number of aromatic nitrogens is 1. The summed E-state index contributed by atoms with van der Waals surface area (Å²) in [4.78, 5) is 28.4. The van der Waals surface area contributed by atoms with Crippen LogP contribution in [-0.4, -0.2) is 48.3 Å². The van der Waals surface area contributed by atoms with Crippen molar-refractivity contribution in [3.63, 3.8) is 0 Å². The highest BCUT2D eigenvalue weighted by Crippen LogP contribution is 2.24. The predicted molar refractivity (Wildman–Crippen MR) is 108 cm³/mol.